The lowest BCUT2D eigenvalue weighted by molar-refractivity contribution is 0.430. The quantitative estimate of drug-likeness (QED) is 0.608. The van der Waals surface area contributed by atoms with Crippen LogP contribution in [0.2, 0.25) is 0 Å². The molecule has 0 bridgehead atoms. The van der Waals surface area contributed by atoms with Crippen LogP contribution >= 0.6 is 0 Å². The fourth-order valence-corrected chi connectivity index (χ4v) is 1.89. The maximum absolute atomic E-state index is 5.23. The minimum atomic E-state index is 0.960. The van der Waals surface area contributed by atoms with Crippen LogP contribution in [0.4, 0.5) is 0 Å². The highest BCUT2D eigenvalue weighted by Crippen LogP contribution is 2.32. The highest BCUT2D eigenvalue weighted by Gasteiger charge is 2.18. The van der Waals surface area contributed by atoms with E-state index in [4.69, 9.17) is 4.52 Å². The standard InChI is InChI=1S/C11H9NO/c1-2-4-10-8(3-1)5-6-9-7-12-13-11(9)10/h1-4,7H,5-6H2. The number of benzene rings is 1. The van der Waals surface area contributed by atoms with E-state index in [1.165, 1.54) is 16.7 Å². The Bertz CT molecular complexity index is 445. The van der Waals surface area contributed by atoms with Crippen LogP contribution in [0.3, 0.4) is 0 Å². The maximum atomic E-state index is 5.23. The molecule has 0 atom stereocenters. The van der Waals surface area contributed by atoms with Gasteiger partial charge in [0.1, 0.15) is 0 Å². The number of aromatic nitrogens is 1. The van der Waals surface area contributed by atoms with Crippen LogP contribution < -0.4 is 0 Å². The summed E-state index contributed by atoms with van der Waals surface area (Å²) in [5.41, 5.74) is 3.81. The van der Waals surface area contributed by atoms with Crippen molar-refractivity contribution in [1.29, 1.82) is 0 Å². The third kappa shape index (κ3) is 0.917. The van der Waals surface area contributed by atoms with E-state index in [9.17, 15) is 0 Å². The molecular formula is C11H9NO. The number of nitrogens with zero attached hydrogens (tertiary/aromatic N) is 1. The summed E-state index contributed by atoms with van der Waals surface area (Å²) >= 11 is 0. The molecule has 2 heteroatoms. The van der Waals surface area contributed by atoms with Gasteiger partial charge in [0, 0.05) is 11.1 Å². The van der Waals surface area contributed by atoms with Crippen molar-refractivity contribution in [3.8, 4) is 11.3 Å². The first-order valence-electron chi connectivity index (χ1n) is 4.47. The average Bonchev–Trinajstić information content (AvgIpc) is 2.65. The van der Waals surface area contributed by atoms with Crippen molar-refractivity contribution in [3.05, 3.63) is 41.6 Å². The van der Waals surface area contributed by atoms with E-state index in [0.717, 1.165) is 18.6 Å². The predicted molar refractivity (Wildman–Crippen MR) is 49.3 cm³/mol. The van der Waals surface area contributed by atoms with Crippen molar-refractivity contribution in [2.75, 3.05) is 0 Å². The minimum absolute atomic E-state index is 0.960. The monoisotopic (exact) mass is 171 g/mol. The molecule has 1 aliphatic carbocycles. The van der Waals surface area contributed by atoms with Gasteiger partial charge in [0.05, 0.1) is 6.20 Å². The Balaban J connectivity index is 2.30. The highest BCUT2D eigenvalue weighted by atomic mass is 16.5. The molecule has 13 heavy (non-hydrogen) atoms. The summed E-state index contributed by atoms with van der Waals surface area (Å²) in [5, 5.41) is 3.83. The number of aryl methyl sites for hydroxylation is 2. The van der Waals surface area contributed by atoms with E-state index in [-0.39, 0.29) is 0 Å². The van der Waals surface area contributed by atoms with E-state index in [2.05, 4.69) is 23.4 Å². The average molecular weight is 171 g/mol. The fraction of sp³-hybridized carbons (Fsp3) is 0.182. The molecule has 0 amide bonds. The molecule has 0 radical (unpaired) electrons. The predicted octanol–water partition coefficient (Wildman–Crippen LogP) is 2.44. The largest absolute Gasteiger partial charge is 0.356 e. The van der Waals surface area contributed by atoms with E-state index >= 15 is 0 Å². The summed E-state index contributed by atoms with van der Waals surface area (Å²) in [5.74, 6) is 0.960. The topological polar surface area (TPSA) is 26.0 Å². The van der Waals surface area contributed by atoms with Crippen LogP contribution in [0, 0.1) is 0 Å². The first-order valence-corrected chi connectivity index (χ1v) is 4.47. The molecule has 0 N–H and O–H groups in total. The zero-order valence-corrected chi connectivity index (χ0v) is 7.16. The Morgan fingerprint density at radius 2 is 1.92 bits per heavy atom. The highest BCUT2D eigenvalue weighted by molar-refractivity contribution is 5.67. The van der Waals surface area contributed by atoms with Crippen LogP contribution in [0.5, 0.6) is 0 Å². The first-order chi connectivity index (χ1) is 6.45. The second-order valence-electron chi connectivity index (χ2n) is 3.34. The minimum Gasteiger partial charge on any atom is -0.356 e. The van der Waals surface area contributed by atoms with Crippen molar-refractivity contribution in [2.45, 2.75) is 12.8 Å². The van der Waals surface area contributed by atoms with Gasteiger partial charge in [-0.05, 0) is 18.4 Å². The molecule has 1 aromatic heterocycles. The molecule has 0 fully saturated rings. The lowest BCUT2D eigenvalue weighted by Crippen LogP contribution is -2.00. The van der Waals surface area contributed by atoms with E-state index < -0.39 is 0 Å². The van der Waals surface area contributed by atoms with Gasteiger partial charge in [-0.2, -0.15) is 0 Å². The number of rotatable bonds is 0. The summed E-state index contributed by atoms with van der Waals surface area (Å²) in [6.07, 6.45) is 3.98. The van der Waals surface area contributed by atoms with Crippen LogP contribution in [-0.2, 0) is 12.8 Å². The smallest absolute Gasteiger partial charge is 0.170 e. The third-order valence-corrected chi connectivity index (χ3v) is 2.57. The van der Waals surface area contributed by atoms with Crippen LogP contribution in [-0.4, -0.2) is 5.16 Å². The van der Waals surface area contributed by atoms with Crippen LogP contribution in [0.25, 0.3) is 11.3 Å². The summed E-state index contributed by atoms with van der Waals surface area (Å²) in [4.78, 5) is 0. The van der Waals surface area contributed by atoms with Gasteiger partial charge in [-0.15, -0.1) is 0 Å². The van der Waals surface area contributed by atoms with Gasteiger partial charge in [-0.25, -0.2) is 0 Å². The van der Waals surface area contributed by atoms with Crippen molar-refractivity contribution < 1.29 is 4.52 Å². The summed E-state index contributed by atoms with van der Waals surface area (Å²) in [6.45, 7) is 0. The Labute approximate surface area is 76.2 Å². The fourth-order valence-electron chi connectivity index (χ4n) is 1.89. The summed E-state index contributed by atoms with van der Waals surface area (Å²) < 4.78 is 5.23. The van der Waals surface area contributed by atoms with Crippen LogP contribution in [0.15, 0.2) is 35.0 Å². The summed E-state index contributed by atoms with van der Waals surface area (Å²) in [7, 11) is 0. The van der Waals surface area contributed by atoms with E-state index in [1.807, 2.05) is 12.3 Å². The Kier molecular flexibility index (Phi) is 1.30. The van der Waals surface area contributed by atoms with Gasteiger partial charge in [-0.3, -0.25) is 0 Å². The first kappa shape index (κ1) is 6.89. The Morgan fingerprint density at radius 3 is 2.92 bits per heavy atom. The summed E-state index contributed by atoms with van der Waals surface area (Å²) in [6, 6.07) is 8.36. The van der Waals surface area contributed by atoms with Crippen LogP contribution in [0.1, 0.15) is 11.1 Å². The van der Waals surface area contributed by atoms with Gasteiger partial charge in [0.25, 0.3) is 0 Å². The molecule has 0 saturated carbocycles. The molecule has 2 nitrogen and oxygen atoms in total. The maximum Gasteiger partial charge on any atom is 0.170 e. The molecule has 0 aliphatic heterocycles. The van der Waals surface area contributed by atoms with E-state index in [1.54, 1.807) is 0 Å². The molecule has 3 rings (SSSR count). The number of hydrogen-bond acceptors (Lipinski definition) is 2. The second-order valence-corrected chi connectivity index (χ2v) is 3.34. The molecular weight excluding hydrogens is 162 g/mol. The molecule has 1 aromatic carbocycles. The third-order valence-electron chi connectivity index (χ3n) is 2.57. The Morgan fingerprint density at radius 1 is 1.08 bits per heavy atom. The lowest BCUT2D eigenvalue weighted by Gasteiger charge is -2.12. The number of hydrogen-bond donors (Lipinski definition) is 0. The van der Waals surface area contributed by atoms with Gasteiger partial charge < -0.3 is 4.52 Å². The molecule has 0 unspecified atom stereocenters. The second kappa shape index (κ2) is 2.46. The van der Waals surface area contributed by atoms with Gasteiger partial charge in [0.2, 0.25) is 0 Å². The van der Waals surface area contributed by atoms with Gasteiger partial charge >= 0.3 is 0 Å². The molecule has 1 heterocycles. The lowest BCUT2D eigenvalue weighted by atomic mass is 9.91. The molecule has 0 spiro atoms. The molecule has 0 saturated heterocycles. The van der Waals surface area contributed by atoms with Gasteiger partial charge in [0.15, 0.2) is 5.76 Å². The molecule has 2 aromatic rings. The Hall–Kier alpha value is -1.57. The van der Waals surface area contributed by atoms with Crippen molar-refractivity contribution in [3.63, 3.8) is 0 Å². The zero-order valence-electron chi connectivity index (χ0n) is 7.16. The molecule has 64 valence electrons. The van der Waals surface area contributed by atoms with Gasteiger partial charge in [-0.1, -0.05) is 29.4 Å². The normalized spacial score (nSPS) is 13.5. The van der Waals surface area contributed by atoms with Crippen molar-refractivity contribution >= 4 is 0 Å². The molecule has 1 aliphatic rings. The number of fused-ring (bicyclic) bond motifs is 3. The van der Waals surface area contributed by atoms with E-state index in [0.29, 0.717) is 0 Å². The van der Waals surface area contributed by atoms with Crippen molar-refractivity contribution in [2.24, 2.45) is 0 Å². The van der Waals surface area contributed by atoms with Crippen molar-refractivity contribution in [1.82, 2.24) is 5.16 Å². The SMILES string of the molecule is c1ccc2c(c1)CCc1cnoc1-2. The zero-order chi connectivity index (χ0) is 8.67.